The molecule has 0 bridgehead atoms. The summed E-state index contributed by atoms with van der Waals surface area (Å²) in [6, 6.07) is 11.6. The zero-order valence-corrected chi connectivity index (χ0v) is 17.2. The molecule has 3 radical (unpaired) electrons. The van der Waals surface area contributed by atoms with Crippen molar-refractivity contribution in [2.45, 2.75) is 39.5 Å². The van der Waals surface area contributed by atoms with E-state index in [2.05, 4.69) is 9.24 Å². The molecular weight excluding hydrogens is 398 g/mol. The van der Waals surface area contributed by atoms with Gasteiger partial charge in [-0.15, -0.1) is 9.24 Å². The monoisotopic (exact) mass is 428 g/mol. The van der Waals surface area contributed by atoms with Crippen molar-refractivity contribution in [2.24, 2.45) is 0 Å². The second-order valence-electron chi connectivity index (χ2n) is 6.79. The van der Waals surface area contributed by atoms with E-state index in [1.807, 2.05) is 30.3 Å². The van der Waals surface area contributed by atoms with E-state index < -0.39 is 11.6 Å². The van der Waals surface area contributed by atoms with Crippen LogP contribution in [0.1, 0.15) is 40.3 Å². The molecule has 0 amide bonds. The van der Waals surface area contributed by atoms with Crippen LogP contribution in [0, 0.1) is 0 Å². The van der Waals surface area contributed by atoms with Gasteiger partial charge >= 0.3 is 5.97 Å². The van der Waals surface area contributed by atoms with Gasteiger partial charge in [-0.2, -0.15) is 0 Å². The molecule has 5 rings (SSSR count). The lowest BCUT2D eigenvalue weighted by Gasteiger charge is -2.31. The predicted octanol–water partition coefficient (Wildman–Crippen LogP) is 3.07. The van der Waals surface area contributed by atoms with Gasteiger partial charge in [0.15, 0.2) is 5.60 Å². The highest BCUT2D eigenvalue weighted by Gasteiger charge is 2.45. The number of fused-ring (bicyclic) bond motifs is 5. The zero-order valence-electron chi connectivity index (χ0n) is 17.0. The lowest BCUT2D eigenvalue weighted by molar-refractivity contribution is -0.172. The SMILES string of the molecule is C.CCC1(O)C(=O)OCc2c1cc1n(c2=O)Cc2cc3ccccc3nc2-1.[2HH].[3H]CP.[B]. The number of carbonyl (C=O) groups excluding carboxylic acids is 1. The number of para-hydroxylation sites is 1. The minimum absolute atomic E-state index is 0. The van der Waals surface area contributed by atoms with Gasteiger partial charge in [0.25, 0.3) is 5.56 Å². The van der Waals surface area contributed by atoms with E-state index in [1.54, 1.807) is 17.6 Å². The summed E-state index contributed by atoms with van der Waals surface area (Å²) in [6.45, 7) is 2.43. The summed E-state index contributed by atoms with van der Waals surface area (Å²) < 4.78 is 12.9. The van der Waals surface area contributed by atoms with E-state index in [0.29, 0.717) is 30.0 Å². The standard InChI is InChI=1S/C20H16N2O4.CH5P.CH4.B.H2/c1-2-20(25)14-8-16-17-12(7-11-5-3-4-6-15(11)21-17)9-22(16)18(23)13(14)10-26-19(20)24;1-2;;;/h3-8,25H,2,9-10H2,1H3;2H2,1H3;1H4;;1H/i;1T;;;1+1. The Morgan fingerprint density at radius 2 is 2.07 bits per heavy atom. The van der Waals surface area contributed by atoms with Gasteiger partial charge in [0.1, 0.15) is 6.61 Å². The highest BCUT2D eigenvalue weighted by Crippen LogP contribution is 2.38. The molecule has 2 atom stereocenters. The molecule has 157 valence electrons. The molecule has 1 aromatic carbocycles. The fourth-order valence-electron chi connectivity index (χ4n) is 3.93. The first-order valence-corrected chi connectivity index (χ1v) is 9.81. The fourth-order valence-corrected chi connectivity index (χ4v) is 3.93. The van der Waals surface area contributed by atoms with E-state index in [0.717, 1.165) is 22.2 Å². The summed E-state index contributed by atoms with van der Waals surface area (Å²) in [5.74, 6) is -0.707. The number of cyclic esters (lactones) is 1. The molecule has 2 aromatic heterocycles. The maximum atomic E-state index is 13.0. The molecule has 0 fully saturated rings. The van der Waals surface area contributed by atoms with Gasteiger partial charge in [-0.25, -0.2) is 9.78 Å². The molecular formula is C22H27BN2O4P. The Bertz CT molecular complexity index is 1200. The summed E-state index contributed by atoms with van der Waals surface area (Å²) >= 11 is 0. The number of esters is 1. The molecule has 0 saturated carbocycles. The van der Waals surface area contributed by atoms with Crippen LogP contribution in [0.3, 0.4) is 0 Å². The first-order valence-electron chi connectivity index (χ1n) is 9.70. The Balaban J connectivity index is 0.000000811. The Labute approximate surface area is 183 Å². The zero-order chi connectivity index (χ0) is 20.8. The van der Waals surface area contributed by atoms with E-state index in [-0.39, 0.29) is 35.9 Å². The third kappa shape index (κ3) is 3.26. The average Bonchev–Trinajstić information content (AvgIpc) is 3.08. The first kappa shape index (κ1) is 22.2. The maximum Gasteiger partial charge on any atom is 0.343 e. The molecule has 3 aromatic rings. The summed E-state index contributed by atoms with van der Waals surface area (Å²) in [5.41, 5.74) is 1.81. The van der Waals surface area contributed by atoms with Crippen LogP contribution < -0.4 is 5.56 Å². The number of nitrogens with zero attached hydrogens (tertiary/aromatic N) is 2. The topological polar surface area (TPSA) is 81.4 Å². The van der Waals surface area contributed by atoms with E-state index >= 15 is 0 Å². The molecule has 6 nitrogen and oxygen atoms in total. The third-order valence-corrected chi connectivity index (χ3v) is 5.42. The minimum atomic E-state index is -1.79. The van der Waals surface area contributed by atoms with Gasteiger partial charge in [0.2, 0.25) is 0 Å². The molecule has 2 unspecified atom stereocenters. The first-order chi connectivity index (χ1) is 13.9. The number of rotatable bonds is 1. The van der Waals surface area contributed by atoms with Gasteiger partial charge in [-0.05, 0) is 24.6 Å². The van der Waals surface area contributed by atoms with Crippen molar-refractivity contribution >= 4 is 34.5 Å². The predicted molar refractivity (Wildman–Crippen MR) is 125 cm³/mol. The van der Waals surface area contributed by atoms with Crippen molar-refractivity contribution in [3.63, 3.8) is 0 Å². The van der Waals surface area contributed by atoms with Crippen molar-refractivity contribution < 1.29 is 17.4 Å². The fraction of sp³-hybridized carbons (Fsp3) is 0.318. The smallest absolute Gasteiger partial charge is 0.343 e. The Hall–Kier alpha value is -2.50. The molecule has 0 aliphatic carbocycles. The van der Waals surface area contributed by atoms with E-state index in [9.17, 15) is 14.7 Å². The molecule has 0 spiro atoms. The Kier molecular flexibility index (Phi) is 6.44. The number of carbonyl (C=O) groups is 1. The largest absolute Gasteiger partial charge is 0.458 e. The van der Waals surface area contributed by atoms with Crippen molar-refractivity contribution in [3.8, 4) is 11.4 Å². The average molecular weight is 428 g/mol. The van der Waals surface area contributed by atoms with Crippen LogP contribution in [-0.2, 0) is 28.3 Å². The molecule has 4 heterocycles. The van der Waals surface area contributed by atoms with Gasteiger partial charge < -0.3 is 14.4 Å². The van der Waals surface area contributed by atoms with Gasteiger partial charge in [-0.3, -0.25) is 4.79 Å². The van der Waals surface area contributed by atoms with E-state index in [1.165, 1.54) is 0 Å². The number of ether oxygens (including phenoxy) is 1. The number of aromatic nitrogens is 2. The summed E-state index contributed by atoms with van der Waals surface area (Å²) in [5, 5.41) is 11.8. The third-order valence-electron chi connectivity index (χ3n) is 5.42. The van der Waals surface area contributed by atoms with Crippen LogP contribution in [0.4, 0.5) is 0 Å². The van der Waals surface area contributed by atoms with E-state index in [4.69, 9.17) is 11.1 Å². The highest BCUT2D eigenvalue weighted by molar-refractivity contribution is 7.15. The van der Waals surface area contributed by atoms with Gasteiger partial charge in [-0.1, -0.05) is 39.2 Å². The van der Waals surface area contributed by atoms with Crippen LogP contribution in [0.2, 0.25) is 0 Å². The molecule has 2 aliphatic rings. The lowest BCUT2D eigenvalue weighted by atomic mass is 9.86. The molecule has 1 N–H and O–H groups in total. The van der Waals surface area contributed by atoms with Crippen molar-refractivity contribution in [2.75, 3.05) is 6.64 Å². The normalized spacial score (nSPS) is 18.4. The number of hydrogen-bond donors (Lipinski definition) is 1. The van der Waals surface area contributed by atoms with Gasteiger partial charge in [0, 0.05) is 27.7 Å². The minimum Gasteiger partial charge on any atom is -0.458 e. The van der Waals surface area contributed by atoms with Crippen LogP contribution >= 0.6 is 9.24 Å². The van der Waals surface area contributed by atoms with Gasteiger partial charge in [0.05, 0.1) is 29.0 Å². The molecule has 8 heteroatoms. The number of aliphatic hydroxyl groups is 1. The van der Waals surface area contributed by atoms with Crippen molar-refractivity contribution in [1.82, 2.24) is 9.55 Å². The van der Waals surface area contributed by atoms with Crippen LogP contribution in [0.25, 0.3) is 22.3 Å². The highest BCUT2D eigenvalue weighted by atomic mass is 31.0. The number of benzene rings is 1. The van der Waals surface area contributed by atoms with Crippen LogP contribution in [-0.4, -0.2) is 35.7 Å². The Morgan fingerprint density at radius 3 is 2.77 bits per heavy atom. The summed E-state index contributed by atoms with van der Waals surface area (Å²) in [6.07, 6.45) is 0.139. The van der Waals surface area contributed by atoms with Crippen LogP contribution in [0.5, 0.6) is 0 Å². The van der Waals surface area contributed by atoms with Crippen molar-refractivity contribution in [1.29, 1.82) is 0 Å². The van der Waals surface area contributed by atoms with Crippen molar-refractivity contribution in [3.05, 3.63) is 63.4 Å². The maximum absolute atomic E-state index is 13.0. The second-order valence-corrected chi connectivity index (χ2v) is 6.79. The Morgan fingerprint density at radius 1 is 1.37 bits per heavy atom. The van der Waals surface area contributed by atoms with Crippen LogP contribution in [0.15, 0.2) is 41.2 Å². The quantitative estimate of drug-likeness (QED) is 0.286. The second kappa shape index (κ2) is 8.70. The summed E-state index contributed by atoms with van der Waals surface area (Å²) in [4.78, 5) is 29.9. The lowest BCUT2D eigenvalue weighted by Crippen LogP contribution is -2.44. The summed E-state index contributed by atoms with van der Waals surface area (Å²) in [7, 11) is 2.25. The molecule has 0 saturated heterocycles. The number of pyridine rings is 2. The molecule has 30 heavy (non-hydrogen) atoms. The number of hydrogen-bond acceptors (Lipinski definition) is 5. The molecule has 2 aliphatic heterocycles.